The predicted molar refractivity (Wildman–Crippen MR) is 81.0 cm³/mol. The SMILES string of the molecule is CCn1nc(C)cc1COc1cc(OC)cc(C(=N)N)c1. The van der Waals surface area contributed by atoms with E-state index >= 15 is 0 Å². The fourth-order valence-electron chi connectivity index (χ4n) is 2.07. The molecule has 2 aromatic rings. The molecule has 0 spiro atoms. The van der Waals surface area contributed by atoms with Crippen LogP contribution in [0.1, 0.15) is 23.9 Å². The number of nitrogens with zero attached hydrogens (tertiary/aromatic N) is 2. The third kappa shape index (κ3) is 3.53. The molecule has 0 radical (unpaired) electrons. The van der Waals surface area contributed by atoms with Gasteiger partial charge in [-0.15, -0.1) is 0 Å². The summed E-state index contributed by atoms with van der Waals surface area (Å²) in [6, 6.07) is 7.20. The smallest absolute Gasteiger partial charge is 0.130 e. The summed E-state index contributed by atoms with van der Waals surface area (Å²) >= 11 is 0. The average Bonchev–Trinajstić information content (AvgIpc) is 2.84. The van der Waals surface area contributed by atoms with E-state index in [2.05, 4.69) is 5.10 Å². The normalized spacial score (nSPS) is 10.4. The lowest BCUT2D eigenvalue weighted by atomic mass is 10.2. The molecule has 0 saturated heterocycles. The number of benzene rings is 1. The molecule has 0 unspecified atom stereocenters. The third-order valence-corrected chi connectivity index (χ3v) is 3.10. The molecular formula is C15H20N4O2. The Labute approximate surface area is 124 Å². The maximum Gasteiger partial charge on any atom is 0.130 e. The van der Waals surface area contributed by atoms with Crippen LogP contribution in [0.5, 0.6) is 11.5 Å². The minimum Gasteiger partial charge on any atom is -0.497 e. The van der Waals surface area contributed by atoms with Crippen molar-refractivity contribution in [3.8, 4) is 11.5 Å². The molecule has 6 nitrogen and oxygen atoms in total. The number of aryl methyl sites for hydroxylation is 2. The zero-order chi connectivity index (χ0) is 15.4. The van der Waals surface area contributed by atoms with Crippen LogP contribution in [0.2, 0.25) is 0 Å². The first-order valence-electron chi connectivity index (χ1n) is 6.73. The van der Waals surface area contributed by atoms with Gasteiger partial charge in [-0.25, -0.2) is 0 Å². The van der Waals surface area contributed by atoms with Crippen LogP contribution in [-0.4, -0.2) is 22.7 Å². The highest BCUT2D eigenvalue weighted by Gasteiger charge is 2.08. The minimum absolute atomic E-state index is 0.0202. The van der Waals surface area contributed by atoms with E-state index in [0.717, 1.165) is 17.9 Å². The molecule has 0 bridgehead atoms. The van der Waals surface area contributed by atoms with Crippen molar-refractivity contribution >= 4 is 5.84 Å². The lowest BCUT2D eigenvalue weighted by molar-refractivity contribution is 0.290. The number of methoxy groups -OCH3 is 1. The van der Waals surface area contributed by atoms with Gasteiger partial charge in [0.25, 0.3) is 0 Å². The average molecular weight is 288 g/mol. The molecule has 0 aliphatic heterocycles. The van der Waals surface area contributed by atoms with Crippen molar-refractivity contribution in [2.24, 2.45) is 5.73 Å². The summed E-state index contributed by atoms with van der Waals surface area (Å²) < 4.78 is 12.9. The number of ether oxygens (including phenoxy) is 2. The molecule has 0 aliphatic rings. The molecule has 0 aliphatic carbocycles. The number of amidine groups is 1. The molecule has 6 heteroatoms. The van der Waals surface area contributed by atoms with Crippen LogP contribution in [-0.2, 0) is 13.2 Å². The first kappa shape index (κ1) is 14.9. The minimum atomic E-state index is -0.0202. The van der Waals surface area contributed by atoms with Crippen molar-refractivity contribution in [1.82, 2.24) is 9.78 Å². The molecule has 112 valence electrons. The number of nitrogen functional groups attached to an aromatic ring is 1. The number of nitrogens with two attached hydrogens (primary N) is 1. The topological polar surface area (TPSA) is 86.2 Å². The quantitative estimate of drug-likeness (QED) is 0.629. The second-order valence-corrected chi connectivity index (χ2v) is 4.69. The van der Waals surface area contributed by atoms with Gasteiger partial charge in [0.2, 0.25) is 0 Å². The number of hydrogen-bond donors (Lipinski definition) is 2. The van der Waals surface area contributed by atoms with Crippen molar-refractivity contribution in [2.45, 2.75) is 27.0 Å². The van der Waals surface area contributed by atoms with Gasteiger partial charge in [0.1, 0.15) is 23.9 Å². The lowest BCUT2D eigenvalue weighted by Gasteiger charge is -2.11. The van der Waals surface area contributed by atoms with Crippen LogP contribution >= 0.6 is 0 Å². The molecule has 0 atom stereocenters. The monoisotopic (exact) mass is 288 g/mol. The maximum atomic E-state index is 7.52. The Morgan fingerprint density at radius 1 is 1.29 bits per heavy atom. The van der Waals surface area contributed by atoms with Crippen LogP contribution in [0.3, 0.4) is 0 Å². The molecular weight excluding hydrogens is 268 g/mol. The summed E-state index contributed by atoms with van der Waals surface area (Å²) in [6.45, 7) is 5.19. The maximum absolute atomic E-state index is 7.52. The number of hydrogen-bond acceptors (Lipinski definition) is 4. The highest BCUT2D eigenvalue weighted by atomic mass is 16.5. The molecule has 0 fully saturated rings. The molecule has 1 aromatic heterocycles. The van der Waals surface area contributed by atoms with E-state index in [1.807, 2.05) is 24.6 Å². The Morgan fingerprint density at radius 3 is 2.62 bits per heavy atom. The van der Waals surface area contributed by atoms with Gasteiger partial charge in [0.15, 0.2) is 0 Å². The molecule has 1 aromatic carbocycles. The Bertz CT molecular complexity index is 649. The van der Waals surface area contributed by atoms with Crippen LogP contribution in [0.15, 0.2) is 24.3 Å². The van der Waals surface area contributed by atoms with E-state index in [-0.39, 0.29) is 5.84 Å². The summed E-state index contributed by atoms with van der Waals surface area (Å²) in [5.41, 5.74) is 8.06. The summed E-state index contributed by atoms with van der Waals surface area (Å²) in [5, 5.41) is 11.9. The summed E-state index contributed by atoms with van der Waals surface area (Å²) in [7, 11) is 1.57. The van der Waals surface area contributed by atoms with E-state index in [1.165, 1.54) is 0 Å². The standard InChI is InChI=1S/C15H20N4O2/c1-4-19-12(5-10(2)18-19)9-21-14-7-11(15(16)17)6-13(8-14)20-3/h5-8H,4,9H2,1-3H3,(H3,16,17). The van der Waals surface area contributed by atoms with E-state index < -0.39 is 0 Å². The predicted octanol–water partition coefficient (Wildman–Crippen LogP) is 2.08. The zero-order valence-electron chi connectivity index (χ0n) is 12.5. The molecule has 0 amide bonds. The van der Waals surface area contributed by atoms with Crippen LogP contribution in [0.4, 0.5) is 0 Å². The Balaban J connectivity index is 2.19. The highest BCUT2D eigenvalue weighted by Crippen LogP contribution is 2.23. The van der Waals surface area contributed by atoms with Gasteiger partial charge < -0.3 is 15.2 Å². The van der Waals surface area contributed by atoms with Crippen molar-refractivity contribution in [2.75, 3.05) is 7.11 Å². The zero-order valence-corrected chi connectivity index (χ0v) is 12.5. The molecule has 1 heterocycles. The third-order valence-electron chi connectivity index (χ3n) is 3.10. The molecule has 3 N–H and O–H groups in total. The molecule has 0 saturated carbocycles. The van der Waals surface area contributed by atoms with Crippen molar-refractivity contribution in [3.05, 3.63) is 41.2 Å². The first-order valence-corrected chi connectivity index (χ1v) is 6.73. The summed E-state index contributed by atoms with van der Waals surface area (Å²) in [4.78, 5) is 0. The second-order valence-electron chi connectivity index (χ2n) is 4.69. The van der Waals surface area contributed by atoms with E-state index in [9.17, 15) is 0 Å². The molecule has 21 heavy (non-hydrogen) atoms. The number of rotatable bonds is 6. The Hall–Kier alpha value is -2.50. The first-order chi connectivity index (χ1) is 10.0. The van der Waals surface area contributed by atoms with Crippen LogP contribution in [0.25, 0.3) is 0 Å². The van der Waals surface area contributed by atoms with E-state index in [0.29, 0.717) is 23.7 Å². The van der Waals surface area contributed by atoms with Crippen LogP contribution < -0.4 is 15.2 Å². The van der Waals surface area contributed by atoms with E-state index in [4.69, 9.17) is 20.6 Å². The fraction of sp³-hybridized carbons (Fsp3) is 0.333. The van der Waals surface area contributed by atoms with Crippen molar-refractivity contribution < 1.29 is 9.47 Å². The van der Waals surface area contributed by atoms with E-state index in [1.54, 1.807) is 25.3 Å². The lowest BCUT2D eigenvalue weighted by Crippen LogP contribution is -2.11. The van der Waals surface area contributed by atoms with Gasteiger partial charge in [-0.2, -0.15) is 5.10 Å². The number of nitrogens with one attached hydrogen (secondary N) is 1. The van der Waals surface area contributed by atoms with Gasteiger partial charge >= 0.3 is 0 Å². The van der Waals surface area contributed by atoms with Gasteiger partial charge in [-0.05, 0) is 32.0 Å². The highest BCUT2D eigenvalue weighted by molar-refractivity contribution is 5.95. The van der Waals surface area contributed by atoms with Crippen molar-refractivity contribution in [3.63, 3.8) is 0 Å². The van der Waals surface area contributed by atoms with Gasteiger partial charge in [0, 0.05) is 18.2 Å². The Morgan fingerprint density at radius 2 is 2.00 bits per heavy atom. The Kier molecular flexibility index (Phi) is 4.47. The molecule has 2 rings (SSSR count). The van der Waals surface area contributed by atoms with Crippen LogP contribution in [0, 0.1) is 12.3 Å². The van der Waals surface area contributed by atoms with Gasteiger partial charge in [0.05, 0.1) is 18.5 Å². The second kappa shape index (κ2) is 6.30. The summed E-state index contributed by atoms with van der Waals surface area (Å²) in [5.74, 6) is 1.20. The summed E-state index contributed by atoms with van der Waals surface area (Å²) in [6.07, 6.45) is 0. The number of aromatic nitrogens is 2. The fourth-order valence-corrected chi connectivity index (χ4v) is 2.07. The van der Waals surface area contributed by atoms with Gasteiger partial charge in [-0.1, -0.05) is 0 Å². The van der Waals surface area contributed by atoms with Gasteiger partial charge in [-0.3, -0.25) is 10.1 Å². The van der Waals surface area contributed by atoms with Crippen molar-refractivity contribution in [1.29, 1.82) is 5.41 Å². The largest absolute Gasteiger partial charge is 0.497 e.